The molecule has 0 atom stereocenters. The quantitative estimate of drug-likeness (QED) is 0.531. The van der Waals surface area contributed by atoms with E-state index in [0.29, 0.717) is 9.90 Å². The van der Waals surface area contributed by atoms with E-state index in [9.17, 15) is 14.4 Å². The van der Waals surface area contributed by atoms with E-state index in [4.69, 9.17) is 16.3 Å². The van der Waals surface area contributed by atoms with Gasteiger partial charge in [-0.3, -0.25) is 14.4 Å². The Morgan fingerprint density at radius 1 is 1.10 bits per heavy atom. The molecule has 3 rings (SSSR count). The first kappa shape index (κ1) is 21.8. The summed E-state index contributed by atoms with van der Waals surface area (Å²) in [6, 6.07) is 13.2. The number of fused-ring (bicyclic) bond motifs is 1. The van der Waals surface area contributed by atoms with E-state index in [-0.39, 0.29) is 6.54 Å². The van der Waals surface area contributed by atoms with Gasteiger partial charge in [-0.1, -0.05) is 54.9 Å². The molecule has 2 aromatic carbocycles. The largest absolute Gasteiger partial charge is 0.454 e. The van der Waals surface area contributed by atoms with Crippen molar-refractivity contribution in [1.82, 2.24) is 5.32 Å². The second kappa shape index (κ2) is 9.73. The van der Waals surface area contributed by atoms with Gasteiger partial charge in [0.25, 0.3) is 11.8 Å². The number of halogens is 1. The summed E-state index contributed by atoms with van der Waals surface area (Å²) in [5.41, 5.74) is 2.66. The van der Waals surface area contributed by atoms with E-state index < -0.39 is 24.4 Å². The molecule has 156 valence electrons. The second-order valence-electron chi connectivity index (χ2n) is 6.60. The summed E-state index contributed by atoms with van der Waals surface area (Å²) in [6.07, 6.45) is 0.767. The van der Waals surface area contributed by atoms with Crippen molar-refractivity contribution >= 4 is 56.5 Å². The number of hydrogen-bond acceptors (Lipinski definition) is 5. The molecule has 0 fully saturated rings. The van der Waals surface area contributed by atoms with Gasteiger partial charge in [-0.25, -0.2) is 0 Å². The maximum Gasteiger partial charge on any atom is 0.325 e. The zero-order valence-corrected chi connectivity index (χ0v) is 18.2. The number of anilines is 1. The van der Waals surface area contributed by atoms with Gasteiger partial charge in [-0.05, 0) is 30.5 Å². The number of amides is 2. The van der Waals surface area contributed by atoms with E-state index in [1.165, 1.54) is 11.3 Å². The molecule has 0 radical (unpaired) electrons. The van der Waals surface area contributed by atoms with Gasteiger partial charge in [0.05, 0.1) is 5.02 Å². The number of rotatable bonds is 7. The molecule has 0 bridgehead atoms. The molecule has 0 aliphatic heterocycles. The van der Waals surface area contributed by atoms with E-state index in [1.54, 1.807) is 0 Å². The van der Waals surface area contributed by atoms with Crippen LogP contribution in [-0.2, 0) is 20.7 Å². The van der Waals surface area contributed by atoms with E-state index >= 15 is 0 Å². The van der Waals surface area contributed by atoms with Crippen molar-refractivity contribution in [2.24, 2.45) is 0 Å². The monoisotopic (exact) mass is 444 g/mol. The fraction of sp³-hybridized carbons (Fsp3) is 0.227. The van der Waals surface area contributed by atoms with Crippen LogP contribution in [0, 0.1) is 6.92 Å². The lowest BCUT2D eigenvalue weighted by Crippen LogP contribution is -2.32. The minimum atomic E-state index is -0.712. The Balaban J connectivity index is 1.50. The molecular formula is C22H21ClN2O4S. The van der Waals surface area contributed by atoms with E-state index in [0.717, 1.165) is 33.3 Å². The Labute approximate surface area is 183 Å². The molecule has 8 heteroatoms. The van der Waals surface area contributed by atoms with Gasteiger partial charge in [-0.2, -0.15) is 0 Å². The summed E-state index contributed by atoms with van der Waals surface area (Å²) in [5.74, 6) is -1.61. The van der Waals surface area contributed by atoms with Crippen LogP contribution in [0.2, 0.25) is 5.02 Å². The predicted molar refractivity (Wildman–Crippen MR) is 119 cm³/mol. The maximum atomic E-state index is 12.4. The number of aryl methyl sites for hydroxylation is 2. The van der Waals surface area contributed by atoms with Crippen LogP contribution in [-0.4, -0.2) is 30.9 Å². The number of nitrogens with one attached hydrogen (secondary N) is 2. The molecule has 1 heterocycles. The topological polar surface area (TPSA) is 84.5 Å². The first-order valence-electron chi connectivity index (χ1n) is 9.40. The summed E-state index contributed by atoms with van der Waals surface area (Å²) < 4.78 is 5.85. The number of esters is 1. The minimum Gasteiger partial charge on any atom is -0.454 e. The van der Waals surface area contributed by atoms with Gasteiger partial charge < -0.3 is 15.4 Å². The Kier molecular flexibility index (Phi) is 7.07. The number of para-hydroxylation sites is 1. The summed E-state index contributed by atoms with van der Waals surface area (Å²) in [6.45, 7) is 3.10. The summed E-state index contributed by atoms with van der Waals surface area (Å²) in [5, 5.41) is 6.40. The Morgan fingerprint density at radius 3 is 2.60 bits per heavy atom. The molecule has 0 spiro atoms. The summed E-state index contributed by atoms with van der Waals surface area (Å²) in [7, 11) is 0. The molecule has 3 aromatic rings. The molecule has 30 heavy (non-hydrogen) atoms. The van der Waals surface area contributed by atoms with Crippen LogP contribution >= 0.6 is 22.9 Å². The van der Waals surface area contributed by atoms with Crippen molar-refractivity contribution in [2.45, 2.75) is 20.3 Å². The van der Waals surface area contributed by atoms with Crippen LogP contribution in [0.15, 0.2) is 42.5 Å². The fourth-order valence-corrected chi connectivity index (χ4v) is 4.40. The molecule has 0 unspecified atom stereocenters. The third-order valence-electron chi connectivity index (χ3n) is 4.50. The lowest BCUT2D eigenvalue weighted by atomic mass is 10.1. The zero-order chi connectivity index (χ0) is 21.7. The maximum absolute atomic E-state index is 12.4. The molecule has 1 aromatic heterocycles. The smallest absolute Gasteiger partial charge is 0.325 e. The predicted octanol–water partition coefficient (Wildman–Crippen LogP) is 4.34. The average molecular weight is 445 g/mol. The van der Waals surface area contributed by atoms with Gasteiger partial charge in [0.2, 0.25) is 0 Å². The molecule has 0 aliphatic carbocycles. The molecule has 0 aliphatic rings. The number of carbonyl (C=O) groups is 3. The average Bonchev–Trinajstić information content (AvgIpc) is 3.09. The minimum absolute atomic E-state index is 0.329. The fourth-order valence-electron chi connectivity index (χ4n) is 2.97. The molecule has 0 saturated heterocycles. The summed E-state index contributed by atoms with van der Waals surface area (Å²) >= 11 is 7.51. The van der Waals surface area contributed by atoms with Gasteiger partial charge in [-0.15, -0.1) is 11.3 Å². The van der Waals surface area contributed by atoms with Gasteiger partial charge >= 0.3 is 5.97 Å². The van der Waals surface area contributed by atoms with Crippen LogP contribution in [0.4, 0.5) is 5.69 Å². The number of ether oxygens (including phenoxy) is 1. The van der Waals surface area contributed by atoms with Gasteiger partial charge in [0.15, 0.2) is 6.61 Å². The van der Waals surface area contributed by atoms with E-state index in [2.05, 4.69) is 10.6 Å². The van der Waals surface area contributed by atoms with Gasteiger partial charge in [0.1, 0.15) is 11.4 Å². The number of thiophene rings is 1. The normalized spacial score (nSPS) is 10.6. The molecule has 6 nitrogen and oxygen atoms in total. The van der Waals surface area contributed by atoms with Crippen molar-refractivity contribution in [2.75, 3.05) is 18.5 Å². The first-order valence-corrected chi connectivity index (χ1v) is 10.6. The van der Waals surface area contributed by atoms with Crippen LogP contribution in [0.25, 0.3) is 10.1 Å². The lowest BCUT2D eigenvalue weighted by molar-refractivity contribution is -0.146. The Bertz CT molecular complexity index is 1110. The Hall–Kier alpha value is -2.90. The highest BCUT2D eigenvalue weighted by atomic mass is 35.5. The van der Waals surface area contributed by atoms with Crippen molar-refractivity contribution < 1.29 is 19.1 Å². The highest BCUT2D eigenvalue weighted by Gasteiger charge is 2.18. The molecule has 0 saturated carbocycles. The second-order valence-corrected chi connectivity index (χ2v) is 8.03. The van der Waals surface area contributed by atoms with Crippen LogP contribution in [0.5, 0.6) is 0 Å². The number of benzene rings is 2. The highest BCUT2D eigenvalue weighted by Crippen LogP contribution is 2.34. The van der Waals surface area contributed by atoms with Crippen LogP contribution in [0.3, 0.4) is 0 Å². The molecule has 2 N–H and O–H groups in total. The summed E-state index contributed by atoms with van der Waals surface area (Å²) in [4.78, 5) is 36.8. The SMILES string of the molecule is CCc1cccc(C)c1NC(=O)COC(=O)CNC(=O)c1sc2ccccc2c1Cl. The lowest BCUT2D eigenvalue weighted by Gasteiger charge is -2.13. The zero-order valence-electron chi connectivity index (χ0n) is 16.6. The third kappa shape index (κ3) is 4.98. The van der Waals surface area contributed by atoms with Crippen molar-refractivity contribution in [3.8, 4) is 0 Å². The van der Waals surface area contributed by atoms with E-state index in [1.807, 2.05) is 56.3 Å². The van der Waals surface area contributed by atoms with Crippen molar-refractivity contribution in [1.29, 1.82) is 0 Å². The third-order valence-corrected chi connectivity index (χ3v) is 6.18. The van der Waals surface area contributed by atoms with Crippen molar-refractivity contribution in [3.05, 3.63) is 63.5 Å². The highest BCUT2D eigenvalue weighted by molar-refractivity contribution is 7.21. The van der Waals surface area contributed by atoms with Crippen LogP contribution in [0.1, 0.15) is 27.7 Å². The van der Waals surface area contributed by atoms with Gasteiger partial charge in [0, 0.05) is 15.8 Å². The van der Waals surface area contributed by atoms with Crippen molar-refractivity contribution in [3.63, 3.8) is 0 Å². The molecular weight excluding hydrogens is 424 g/mol. The Morgan fingerprint density at radius 2 is 1.87 bits per heavy atom. The number of hydrogen-bond donors (Lipinski definition) is 2. The first-order chi connectivity index (χ1) is 14.4. The molecule has 2 amide bonds. The van der Waals surface area contributed by atoms with Crippen LogP contribution < -0.4 is 10.6 Å². The number of carbonyl (C=O) groups excluding carboxylic acids is 3. The standard InChI is InChI=1S/C22H21ClN2O4S/c1-3-14-8-6-7-13(2)20(14)25-17(26)12-29-18(27)11-24-22(28)21-19(23)15-9-4-5-10-16(15)30-21/h4-10H,3,11-12H2,1-2H3,(H,24,28)(H,25,26).